The van der Waals surface area contributed by atoms with Gasteiger partial charge in [-0.15, -0.1) is 0 Å². The third-order valence-electron chi connectivity index (χ3n) is 0.364. The van der Waals surface area contributed by atoms with Crippen molar-refractivity contribution in [3.63, 3.8) is 0 Å². The van der Waals surface area contributed by atoms with E-state index < -0.39 is 0 Å². The lowest BCUT2D eigenvalue weighted by Gasteiger charge is -1.67. The molecule has 0 radical (unpaired) electrons. The van der Waals surface area contributed by atoms with Crippen molar-refractivity contribution < 1.29 is 0 Å². The molecule has 0 aromatic carbocycles. The quantitative estimate of drug-likeness (QED) is 0.562. The number of allylic oxidation sites excluding steroid dienone is 1. The summed E-state index contributed by atoms with van der Waals surface area (Å²) in [5, 5.41) is 0. The zero-order chi connectivity index (χ0) is 7.54. The number of hydrogen-bond donors (Lipinski definition) is 1. The van der Waals surface area contributed by atoms with Crippen LogP contribution in [-0.2, 0) is 0 Å². The minimum Gasteiger partial charge on any atom is -0.403 e. The number of aliphatic imine (C=N–C) groups is 1. The highest BCUT2D eigenvalue weighted by atomic mass is 14.7. The first kappa shape index (κ1) is 10.8. The van der Waals surface area contributed by atoms with Crippen molar-refractivity contribution in [2.75, 3.05) is 0 Å². The molecule has 0 rings (SSSR count). The van der Waals surface area contributed by atoms with E-state index in [0.29, 0.717) is 0 Å². The second-order valence-corrected chi connectivity index (χ2v) is 0.875. The molecule has 0 saturated heterocycles. The number of hydrogen-bond acceptors (Lipinski definition) is 2. The molecule has 0 amide bonds. The van der Waals surface area contributed by atoms with Crippen LogP contribution in [0, 0.1) is 0 Å². The van der Waals surface area contributed by atoms with Crippen LogP contribution in [0.2, 0.25) is 0 Å². The number of rotatable bonds is 2. The van der Waals surface area contributed by atoms with Crippen LogP contribution in [0.4, 0.5) is 0 Å². The average molecular weight is 126 g/mol. The highest BCUT2D eigenvalue weighted by molar-refractivity contribution is 5.70. The van der Waals surface area contributed by atoms with Gasteiger partial charge in [0.2, 0.25) is 0 Å². The Morgan fingerprint density at radius 3 is 2.33 bits per heavy atom. The van der Waals surface area contributed by atoms with E-state index in [2.05, 4.69) is 11.6 Å². The van der Waals surface area contributed by atoms with Crippen LogP contribution in [0.1, 0.15) is 13.8 Å². The smallest absolute Gasteiger partial charge is 0.0422 e. The molecule has 52 valence electrons. The zero-order valence-corrected chi connectivity index (χ0v) is 6.04. The molecule has 2 nitrogen and oxygen atoms in total. The lowest BCUT2D eigenvalue weighted by Crippen LogP contribution is -1.72. The van der Waals surface area contributed by atoms with Crippen molar-refractivity contribution in [1.29, 1.82) is 0 Å². The summed E-state index contributed by atoms with van der Waals surface area (Å²) in [6.45, 7) is 7.41. The van der Waals surface area contributed by atoms with Crippen LogP contribution in [0.25, 0.3) is 0 Å². The molecule has 0 aliphatic heterocycles. The summed E-state index contributed by atoms with van der Waals surface area (Å²) in [5.41, 5.74) is 4.94. The van der Waals surface area contributed by atoms with Crippen LogP contribution in [-0.4, -0.2) is 6.21 Å². The van der Waals surface area contributed by atoms with Gasteiger partial charge in [0, 0.05) is 18.6 Å². The molecule has 2 heteroatoms. The van der Waals surface area contributed by atoms with Gasteiger partial charge in [0.25, 0.3) is 0 Å². The summed E-state index contributed by atoms with van der Waals surface area (Å²) in [4.78, 5) is 3.66. The van der Waals surface area contributed by atoms with Gasteiger partial charge in [-0.1, -0.05) is 26.5 Å². The first-order valence-electron chi connectivity index (χ1n) is 2.92. The van der Waals surface area contributed by atoms with E-state index in [4.69, 9.17) is 5.73 Å². The molecule has 0 aliphatic carbocycles. The van der Waals surface area contributed by atoms with Crippen molar-refractivity contribution >= 4 is 6.21 Å². The molecule has 0 unspecified atom stereocenters. The van der Waals surface area contributed by atoms with Gasteiger partial charge in [0.1, 0.15) is 0 Å². The van der Waals surface area contributed by atoms with Gasteiger partial charge in [0.15, 0.2) is 0 Å². The van der Waals surface area contributed by atoms with E-state index in [9.17, 15) is 0 Å². The summed E-state index contributed by atoms with van der Waals surface area (Å²) >= 11 is 0. The normalized spacial score (nSPS) is 9.11. The van der Waals surface area contributed by atoms with Gasteiger partial charge in [-0.2, -0.15) is 0 Å². The fourth-order valence-electron chi connectivity index (χ4n) is 0.160. The summed E-state index contributed by atoms with van der Waals surface area (Å²) < 4.78 is 0. The van der Waals surface area contributed by atoms with E-state index in [0.717, 1.165) is 0 Å². The van der Waals surface area contributed by atoms with Crippen molar-refractivity contribution in [1.82, 2.24) is 0 Å². The van der Waals surface area contributed by atoms with Crippen molar-refractivity contribution in [3.05, 3.63) is 25.1 Å². The first-order valence-corrected chi connectivity index (χ1v) is 2.92. The molecule has 0 saturated carbocycles. The fraction of sp³-hybridized carbons (Fsp3) is 0.286. The maximum absolute atomic E-state index is 4.94. The van der Waals surface area contributed by atoms with Crippen molar-refractivity contribution in [3.8, 4) is 0 Å². The minimum atomic E-state index is 1.36. The number of nitrogens with zero attached hydrogens (tertiary/aromatic N) is 1. The van der Waals surface area contributed by atoms with E-state index in [1.807, 2.05) is 13.8 Å². The molecular weight excluding hydrogens is 112 g/mol. The summed E-state index contributed by atoms with van der Waals surface area (Å²) in [7, 11) is 0. The van der Waals surface area contributed by atoms with E-state index in [-0.39, 0.29) is 0 Å². The monoisotopic (exact) mass is 126 g/mol. The maximum Gasteiger partial charge on any atom is 0.0422 e. The number of nitrogens with two attached hydrogens (primary N) is 1. The Bertz CT molecular complexity index is 93.1. The highest BCUT2D eigenvalue weighted by Gasteiger charge is 1.51. The fourth-order valence-corrected chi connectivity index (χ4v) is 0.160. The summed E-state index contributed by atoms with van der Waals surface area (Å²) in [5.74, 6) is 0. The predicted octanol–water partition coefficient (Wildman–Crippen LogP) is 1.70. The van der Waals surface area contributed by atoms with Gasteiger partial charge in [0.05, 0.1) is 0 Å². The highest BCUT2D eigenvalue weighted by Crippen LogP contribution is 1.64. The molecule has 0 heterocycles. The van der Waals surface area contributed by atoms with Gasteiger partial charge in [-0.3, -0.25) is 4.99 Å². The SMILES string of the molecule is C=CC=N/C=C\N.CC. The average Bonchev–Trinajstić information content (AvgIpc) is 1.94. The summed E-state index contributed by atoms with van der Waals surface area (Å²) in [6.07, 6.45) is 5.99. The Morgan fingerprint density at radius 2 is 2.00 bits per heavy atom. The van der Waals surface area contributed by atoms with Gasteiger partial charge < -0.3 is 5.73 Å². The van der Waals surface area contributed by atoms with E-state index >= 15 is 0 Å². The lowest BCUT2D eigenvalue weighted by atomic mass is 10.7. The van der Waals surface area contributed by atoms with Gasteiger partial charge >= 0.3 is 0 Å². The lowest BCUT2D eigenvalue weighted by molar-refractivity contribution is 1.50. The molecule has 2 N–H and O–H groups in total. The van der Waals surface area contributed by atoms with Crippen LogP contribution in [0.5, 0.6) is 0 Å². The maximum atomic E-state index is 4.94. The molecule has 0 aliphatic rings. The van der Waals surface area contributed by atoms with E-state index in [1.165, 1.54) is 12.4 Å². The zero-order valence-electron chi connectivity index (χ0n) is 6.04. The Kier molecular flexibility index (Phi) is 19.0. The predicted molar refractivity (Wildman–Crippen MR) is 43.4 cm³/mol. The second-order valence-electron chi connectivity index (χ2n) is 0.875. The molecule has 0 spiro atoms. The second kappa shape index (κ2) is 15.8. The van der Waals surface area contributed by atoms with E-state index in [1.54, 1.807) is 12.3 Å². The third-order valence-corrected chi connectivity index (χ3v) is 0.364. The molecule has 0 bridgehead atoms. The van der Waals surface area contributed by atoms with Crippen LogP contribution in [0.3, 0.4) is 0 Å². The largest absolute Gasteiger partial charge is 0.403 e. The Morgan fingerprint density at radius 1 is 1.44 bits per heavy atom. The molecule has 0 aromatic rings. The molecule has 0 fully saturated rings. The molecular formula is C7H14N2. The molecule has 0 aromatic heterocycles. The van der Waals surface area contributed by atoms with Crippen LogP contribution >= 0.6 is 0 Å². The molecule has 9 heavy (non-hydrogen) atoms. The van der Waals surface area contributed by atoms with Crippen LogP contribution < -0.4 is 5.73 Å². The Labute approximate surface area is 56.8 Å². The summed E-state index contributed by atoms with van der Waals surface area (Å²) in [6, 6.07) is 0. The van der Waals surface area contributed by atoms with Crippen LogP contribution in [0.15, 0.2) is 30.0 Å². The molecule has 0 atom stereocenters. The van der Waals surface area contributed by atoms with Crippen molar-refractivity contribution in [2.24, 2.45) is 10.7 Å². The standard InChI is InChI=1S/C5H8N2.C2H6/c1-2-4-7-5-3-6;1-2/h2-5H,1,6H2;1-2H3/b5-3-,7-4?;. The Balaban J connectivity index is 0. The minimum absolute atomic E-state index is 1.36. The first-order chi connectivity index (χ1) is 4.41. The van der Waals surface area contributed by atoms with Gasteiger partial charge in [-0.05, 0) is 0 Å². The topological polar surface area (TPSA) is 38.4 Å². The third kappa shape index (κ3) is 19.6. The Hall–Kier alpha value is -1.05. The van der Waals surface area contributed by atoms with Crippen molar-refractivity contribution in [2.45, 2.75) is 13.8 Å². The van der Waals surface area contributed by atoms with Gasteiger partial charge in [-0.25, -0.2) is 0 Å².